The van der Waals surface area contributed by atoms with E-state index in [1.165, 1.54) is 12.3 Å². The van der Waals surface area contributed by atoms with Gasteiger partial charge in [-0.25, -0.2) is 9.18 Å². The molecule has 162 valence electrons. The number of anilines is 1. The van der Waals surface area contributed by atoms with E-state index in [4.69, 9.17) is 31.5 Å². The Balaban J connectivity index is 2.01. The molecule has 9 nitrogen and oxygen atoms in total. The van der Waals surface area contributed by atoms with E-state index < -0.39 is 53.6 Å². The number of rotatable bonds is 7. The lowest BCUT2D eigenvalue weighted by atomic mass is 10.1. The summed E-state index contributed by atoms with van der Waals surface area (Å²) in [5.41, 5.74) is 1.23. The maximum Gasteiger partial charge on any atom is 0.351 e. The number of fused-ring (bicyclic) bond motifs is 1. The van der Waals surface area contributed by atoms with E-state index in [-0.39, 0.29) is 17.6 Å². The first kappa shape index (κ1) is 21.9. The van der Waals surface area contributed by atoms with E-state index in [2.05, 4.69) is 4.98 Å². The number of nitrogen functional groups attached to an aromatic ring is 1. The van der Waals surface area contributed by atoms with Crippen LogP contribution in [0.2, 0.25) is 0 Å². The summed E-state index contributed by atoms with van der Waals surface area (Å²) in [5, 5.41) is 10.3. The van der Waals surface area contributed by atoms with Gasteiger partial charge in [0.25, 0.3) is 0 Å². The van der Waals surface area contributed by atoms with Gasteiger partial charge in [-0.05, 0) is 6.07 Å². The largest absolute Gasteiger partial charge is 0.456 e. The highest BCUT2D eigenvalue weighted by molar-refractivity contribution is 6.19. The van der Waals surface area contributed by atoms with E-state index >= 15 is 4.39 Å². The second kappa shape index (κ2) is 7.50. The van der Waals surface area contributed by atoms with Crippen molar-refractivity contribution in [2.45, 2.75) is 63.7 Å². The number of nitrogens with two attached hydrogens (primary N) is 1. The first-order chi connectivity index (χ1) is 13.5. The average molecular weight is 434 g/mol. The van der Waals surface area contributed by atoms with E-state index in [0.717, 1.165) is 4.57 Å². The Morgan fingerprint density at radius 3 is 2.66 bits per heavy atom. The molecule has 0 radical (unpaired) electrons. The van der Waals surface area contributed by atoms with Crippen molar-refractivity contribution in [3.05, 3.63) is 22.7 Å². The molecular weight excluding hydrogens is 409 g/mol. The Morgan fingerprint density at radius 2 is 2.14 bits per heavy atom. The molecule has 0 bridgehead atoms. The van der Waals surface area contributed by atoms with E-state index in [1.807, 2.05) is 0 Å². The van der Waals surface area contributed by atoms with E-state index in [0.29, 0.717) is 0 Å². The number of carbonyl (C=O) groups excluding carboxylic acids is 1. The van der Waals surface area contributed by atoms with Gasteiger partial charge in [-0.1, -0.05) is 27.7 Å². The van der Waals surface area contributed by atoms with Crippen molar-refractivity contribution >= 4 is 23.4 Å². The van der Waals surface area contributed by atoms with Crippen molar-refractivity contribution in [2.24, 2.45) is 11.8 Å². The monoisotopic (exact) mass is 433 g/mol. The quantitative estimate of drug-likeness (QED) is 0.370. The maximum atomic E-state index is 15.8. The third-order valence-corrected chi connectivity index (χ3v) is 5.69. The van der Waals surface area contributed by atoms with Crippen LogP contribution in [-0.2, 0) is 19.0 Å². The molecule has 1 aliphatic heterocycles. The molecule has 1 saturated carbocycles. The number of aliphatic hydroxyl groups is 1. The highest BCUT2D eigenvalue weighted by Gasteiger charge is 2.92. The fourth-order valence-electron chi connectivity index (χ4n) is 3.51. The third-order valence-electron chi connectivity index (χ3n) is 5.30. The van der Waals surface area contributed by atoms with Gasteiger partial charge < -0.3 is 25.1 Å². The average Bonchev–Trinajstić information content (AvgIpc) is 3.08. The molecule has 2 aliphatic rings. The normalized spacial score (nSPS) is 34.3. The number of hydrogen-bond donors (Lipinski definition) is 2. The first-order valence-electron chi connectivity index (χ1n) is 9.30. The Morgan fingerprint density at radius 1 is 1.48 bits per heavy atom. The molecule has 3 N–H and O–H groups in total. The molecular formula is C18H25ClFN3O6. The van der Waals surface area contributed by atoms with Crippen LogP contribution in [0.1, 0.15) is 33.9 Å². The Hall–Kier alpha value is -1.75. The van der Waals surface area contributed by atoms with Gasteiger partial charge in [-0.3, -0.25) is 9.36 Å². The summed E-state index contributed by atoms with van der Waals surface area (Å²) >= 11 is 6.12. The maximum absolute atomic E-state index is 15.8. The predicted molar refractivity (Wildman–Crippen MR) is 101 cm³/mol. The molecule has 0 aromatic carbocycles. The zero-order chi connectivity index (χ0) is 21.7. The Bertz CT molecular complexity index is 851. The summed E-state index contributed by atoms with van der Waals surface area (Å²) in [5.74, 6) is -1.77. The molecule has 6 atom stereocenters. The number of aromatic nitrogens is 2. The number of ether oxygens (including phenoxy) is 3. The second-order valence-electron chi connectivity index (χ2n) is 7.99. The van der Waals surface area contributed by atoms with Crippen LogP contribution in [0.4, 0.5) is 10.2 Å². The summed E-state index contributed by atoms with van der Waals surface area (Å²) in [6.07, 6.45) is -4.73. The van der Waals surface area contributed by atoms with Gasteiger partial charge in [0.1, 0.15) is 5.82 Å². The summed E-state index contributed by atoms with van der Waals surface area (Å²) in [7, 11) is 0. The standard InChI is InChI=1S/C18H25ClFN3O6/c1-8(2)13(24)27-15-17(7-19)18(15,29-14(25)9(3)4)11(20)12(28-17)23-6-5-10(21)22-16(23)26/h5-6,8-9,11-12,14-15,25H,7H2,1-4H3,(H2,21,22,26)/t11-,12+,14?,15?,17+,18+/m0/s1. The molecule has 2 fully saturated rings. The fraction of sp³-hybridized carbons (Fsp3) is 0.722. The molecule has 2 unspecified atom stereocenters. The van der Waals surface area contributed by atoms with Gasteiger partial charge >= 0.3 is 11.7 Å². The summed E-state index contributed by atoms with van der Waals surface area (Å²) in [6, 6.07) is 1.32. The molecule has 1 aliphatic carbocycles. The topological polar surface area (TPSA) is 126 Å². The SMILES string of the molecule is CC(C)C(=O)OC1[C@@]2(CCl)O[C@@H](n3ccc(N)nc3=O)[C@H](F)[C@@]12OC(O)C(C)C. The van der Waals surface area contributed by atoms with Crippen LogP contribution in [-0.4, -0.2) is 56.3 Å². The number of esters is 1. The minimum Gasteiger partial charge on any atom is -0.456 e. The molecule has 11 heteroatoms. The van der Waals surface area contributed by atoms with Gasteiger partial charge in [0.2, 0.25) is 0 Å². The lowest BCUT2D eigenvalue weighted by Crippen LogP contribution is -2.43. The Kier molecular flexibility index (Phi) is 5.67. The lowest BCUT2D eigenvalue weighted by Gasteiger charge is -2.27. The predicted octanol–water partition coefficient (Wildman–Crippen LogP) is 0.981. The van der Waals surface area contributed by atoms with Crippen LogP contribution in [0.15, 0.2) is 17.1 Å². The second-order valence-corrected chi connectivity index (χ2v) is 8.26. The zero-order valence-electron chi connectivity index (χ0n) is 16.5. The van der Waals surface area contributed by atoms with Crippen LogP contribution >= 0.6 is 11.6 Å². The number of halogens is 2. The van der Waals surface area contributed by atoms with Gasteiger partial charge in [-0.15, -0.1) is 11.6 Å². The highest BCUT2D eigenvalue weighted by atomic mass is 35.5. The van der Waals surface area contributed by atoms with Gasteiger partial charge in [0, 0.05) is 12.1 Å². The van der Waals surface area contributed by atoms with Crippen LogP contribution in [0.5, 0.6) is 0 Å². The molecule has 3 rings (SSSR count). The summed E-state index contributed by atoms with van der Waals surface area (Å²) in [6.45, 7) is 6.60. The molecule has 29 heavy (non-hydrogen) atoms. The minimum atomic E-state index is -1.98. The van der Waals surface area contributed by atoms with E-state index in [9.17, 15) is 14.7 Å². The number of nitrogens with zero attached hydrogens (tertiary/aromatic N) is 2. The molecule has 1 aromatic rings. The van der Waals surface area contributed by atoms with Crippen molar-refractivity contribution in [3.8, 4) is 0 Å². The number of aliphatic hydroxyl groups excluding tert-OH is 1. The summed E-state index contributed by atoms with van der Waals surface area (Å²) in [4.78, 5) is 27.9. The number of carbonyl (C=O) groups is 1. The minimum absolute atomic E-state index is 0.0261. The van der Waals surface area contributed by atoms with Crippen LogP contribution in [0, 0.1) is 11.8 Å². The van der Waals surface area contributed by atoms with Crippen molar-refractivity contribution in [1.82, 2.24) is 9.55 Å². The molecule has 1 aromatic heterocycles. The highest BCUT2D eigenvalue weighted by Crippen LogP contribution is 2.67. The molecule has 1 saturated heterocycles. The van der Waals surface area contributed by atoms with Crippen LogP contribution < -0.4 is 11.4 Å². The smallest absolute Gasteiger partial charge is 0.351 e. The van der Waals surface area contributed by atoms with Gasteiger partial charge in [0.15, 0.2) is 36.0 Å². The van der Waals surface area contributed by atoms with Crippen LogP contribution in [0.25, 0.3) is 0 Å². The van der Waals surface area contributed by atoms with Crippen LogP contribution in [0.3, 0.4) is 0 Å². The Labute approximate surface area is 171 Å². The fourth-order valence-corrected chi connectivity index (χ4v) is 3.92. The first-order valence-corrected chi connectivity index (χ1v) is 9.84. The lowest BCUT2D eigenvalue weighted by molar-refractivity contribution is -0.203. The number of hydrogen-bond acceptors (Lipinski definition) is 8. The summed E-state index contributed by atoms with van der Waals surface area (Å²) < 4.78 is 33.6. The van der Waals surface area contributed by atoms with Crippen molar-refractivity contribution in [2.75, 3.05) is 11.6 Å². The van der Waals surface area contributed by atoms with Crippen molar-refractivity contribution < 1.29 is 28.5 Å². The van der Waals surface area contributed by atoms with Gasteiger partial charge in [0.05, 0.1) is 11.8 Å². The van der Waals surface area contributed by atoms with Crippen molar-refractivity contribution in [3.63, 3.8) is 0 Å². The molecule has 0 amide bonds. The molecule has 0 spiro atoms. The molecule has 2 heterocycles. The third kappa shape index (κ3) is 3.22. The van der Waals surface area contributed by atoms with Gasteiger partial charge in [-0.2, -0.15) is 4.98 Å². The van der Waals surface area contributed by atoms with E-state index in [1.54, 1.807) is 27.7 Å². The zero-order valence-corrected chi connectivity index (χ0v) is 17.3. The van der Waals surface area contributed by atoms with Crippen molar-refractivity contribution in [1.29, 1.82) is 0 Å². The number of alkyl halides is 2.